The number of carbonyl (C=O) groups is 1. The van der Waals surface area contributed by atoms with E-state index in [-0.39, 0.29) is 0 Å². The van der Waals surface area contributed by atoms with Gasteiger partial charge < -0.3 is 5.11 Å². The summed E-state index contributed by atoms with van der Waals surface area (Å²) in [6.45, 7) is 5.75. The van der Waals surface area contributed by atoms with Crippen LogP contribution in [0.4, 0.5) is 0 Å². The molecule has 1 atom stereocenters. The average Bonchev–Trinajstić information content (AvgIpc) is 2.17. The molecule has 76 valence electrons. The summed E-state index contributed by atoms with van der Waals surface area (Å²) in [6, 6.07) is 6.04. The molecular weight excluding hydrogens is 176 g/mol. The van der Waals surface area contributed by atoms with Crippen molar-refractivity contribution in [2.24, 2.45) is 0 Å². The molecule has 2 heteroatoms. The summed E-state index contributed by atoms with van der Waals surface area (Å²) in [6.07, 6.45) is 0.944. The fraction of sp³-hybridized carbons (Fsp3) is 0.417. The number of hydrogen-bond donors (Lipinski definition) is 1. The predicted octanol–water partition coefficient (Wildman–Crippen LogP) is 2.75. The molecule has 0 fully saturated rings. The van der Waals surface area contributed by atoms with Crippen LogP contribution in [0.3, 0.4) is 0 Å². The molecular formula is C12H16O2. The highest BCUT2D eigenvalue weighted by Gasteiger charge is 2.15. The summed E-state index contributed by atoms with van der Waals surface area (Å²) < 4.78 is 0. The van der Waals surface area contributed by atoms with E-state index in [0.717, 1.165) is 17.5 Å². The Bertz CT molecular complexity index is 342. The van der Waals surface area contributed by atoms with E-state index < -0.39 is 11.9 Å². The number of rotatable bonds is 3. The van der Waals surface area contributed by atoms with Crippen molar-refractivity contribution in [2.75, 3.05) is 0 Å². The van der Waals surface area contributed by atoms with Crippen LogP contribution in [-0.2, 0) is 11.2 Å². The maximum Gasteiger partial charge on any atom is 0.310 e. The minimum absolute atomic E-state index is 0.415. The van der Waals surface area contributed by atoms with Gasteiger partial charge in [0.05, 0.1) is 5.92 Å². The standard InChI is InChI=1S/C12H16O2/c1-4-10-6-5-8(2)11(7-10)9(3)12(13)14/h5-7,9H,4H2,1-3H3,(H,13,14). The number of hydrogen-bond acceptors (Lipinski definition) is 1. The molecule has 1 N–H and O–H groups in total. The molecule has 0 radical (unpaired) electrons. The van der Waals surface area contributed by atoms with Crippen molar-refractivity contribution in [1.82, 2.24) is 0 Å². The summed E-state index contributed by atoms with van der Waals surface area (Å²) in [5.41, 5.74) is 3.17. The van der Waals surface area contributed by atoms with Crippen LogP contribution in [0.2, 0.25) is 0 Å². The largest absolute Gasteiger partial charge is 0.481 e. The van der Waals surface area contributed by atoms with Crippen LogP contribution in [0.5, 0.6) is 0 Å². The van der Waals surface area contributed by atoms with Crippen LogP contribution in [0, 0.1) is 6.92 Å². The van der Waals surface area contributed by atoms with Crippen LogP contribution in [0.15, 0.2) is 18.2 Å². The topological polar surface area (TPSA) is 37.3 Å². The van der Waals surface area contributed by atoms with Gasteiger partial charge >= 0.3 is 5.97 Å². The van der Waals surface area contributed by atoms with Gasteiger partial charge in [0, 0.05) is 0 Å². The summed E-state index contributed by atoms with van der Waals surface area (Å²) >= 11 is 0. The number of aliphatic carboxylic acids is 1. The van der Waals surface area contributed by atoms with Gasteiger partial charge in [0.2, 0.25) is 0 Å². The van der Waals surface area contributed by atoms with Crippen molar-refractivity contribution >= 4 is 5.97 Å². The first-order chi connectivity index (χ1) is 6.56. The Balaban J connectivity index is 3.11. The fourth-order valence-corrected chi connectivity index (χ4v) is 1.51. The first-order valence-corrected chi connectivity index (χ1v) is 4.88. The third-order valence-electron chi connectivity index (χ3n) is 2.59. The van der Waals surface area contributed by atoms with Crippen molar-refractivity contribution < 1.29 is 9.90 Å². The zero-order chi connectivity index (χ0) is 10.7. The molecule has 1 aromatic rings. The normalized spacial score (nSPS) is 12.5. The molecule has 0 bridgehead atoms. The van der Waals surface area contributed by atoms with E-state index >= 15 is 0 Å². The van der Waals surface area contributed by atoms with Crippen molar-refractivity contribution in [2.45, 2.75) is 33.1 Å². The lowest BCUT2D eigenvalue weighted by Gasteiger charge is -2.11. The van der Waals surface area contributed by atoms with E-state index in [0.29, 0.717) is 0 Å². The molecule has 1 rings (SSSR count). The second-order valence-electron chi connectivity index (χ2n) is 3.60. The van der Waals surface area contributed by atoms with E-state index in [1.807, 2.05) is 25.1 Å². The van der Waals surface area contributed by atoms with Gasteiger partial charge in [-0.15, -0.1) is 0 Å². The van der Waals surface area contributed by atoms with Gasteiger partial charge in [0.15, 0.2) is 0 Å². The van der Waals surface area contributed by atoms with E-state index in [1.54, 1.807) is 6.92 Å². The number of aryl methyl sites for hydroxylation is 2. The third-order valence-corrected chi connectivity index (χ3v) is 2.59. The van der Waals surface area contributed by atoms with Gasteiger partial charge in [-0.2, -0.15) is 0 Å². The summed E-state index contributed by atoms with van der Waals surface area (Å²) in [5, 5.41) is 8.92. The lowest BCUT2D eigenvalue weighted by molar-refractivity contribution is -0.138. The highest BCUT2D eigenvalue weighted by molar-refractivity contribution is 5.76. The van der Waals surface area contributed by atoms with E-state index in [9.17, 15) is 4.79 Å². The molecule has 1 unspecified atom stereocenters. The summed E-state index contributed by atoms with van der Waals surface area (Å²) in [5.74, 6) is -1.18. The Morgan fingerprint density at radius 2 is 2.14 bits per heavy atom. The lowest BCUT2D eigenvalue weighted by Crippen LogP contribution is -2.09. The van der Waals surface area contributed by atoms with E-state index in [4.69, 9.17) is 5.11 Å². The van der Waals surface area contributed by atoms with Crippen molar-refractivity contribution in [3.63, 3.8) is 0 Å². The quantitative estimate of drug-likeness (QED) is 0.799. The van der Waals surface area contributed by atoms with Gasteiger partial charge in [-0.3, -0.25) is 4.79 Å². The predicted molar refractivity (Wildman–Crippen MR) is 56.6 cm³/mol. The van der Waals surface area contributed by atoms with Crippen LogP contribution in [0.1, 0.15) is 36.5 Å². The molecule has 0 aromatic heterocycles. The Morgan fingerprint density at radius 3 is 2.64 bits per heavy atom. The Hall–Kier alpha value is -1.31. The Labute approximate surface area is 84.6 Å². The minimum atomic E-state index is -0.763. The molecule has 0 aliphatic rings. The minimum Gasteiger partial charge on any atom is -0.481 e. The smallest absolute Gasteiger partial charge is 0.310 e. The van der Waals surface area contributed by atoms with Gasteiger partial charge in [-0.25, -0.2) is 0 Å². The second kappa shape index (κ2) is 4.27. The molecule has 0 aliphatic heterocycles. The highest BCUT2D eigenvalue weighted by Crippen LogP contribution is 2.21. The first kappa shape index (κ1) is 10.8. The molecule has 0 saturated heterocycles. The van der Waals surface area contributed by atoms with E-state index in [1.165, 1.54) is 5.56 Å². The Kier molecular flexibility index (Phi) is 3.28. The van der Waals surface area contributed by atoms with Gasteiger partial charge in [0.25, 0.3) is 0 Å². The molecule has 14 heavy (non-hydrogen) atoms. The van der Waals surface area contributed by atoms with Crippen molar-refractivity contribution in [3.05, 3.63) is 34.9 Å². The van der Waals surface area contributed by atoms with Crippen LogP contribution < -0.4 is 0 Å². The molecule has 1 aromatic carbocycles. The maximum atomic E-state index is 10.9. The zero-order valence-corrected chi connectivity index (χ0v) is 8.87. The third kappa shape index (κ3) is 2.13. The summed E-state index contributed by atoms with van der Waals surface area (Å²) in [4.78, 5) is 10.9. The zero-order valence-electron chi connectivity index (χ0n) is 8.87. The lowest BCUT2D eigenvalue weighted by atomic mass is 9.94. The number of benzene rings is 1. The summed E-state index contributed by atoms with van der Waals surface area (Å²) in [7, 11) is 0. The van der Waals surface area contributed by atoms with Crippen LogP contribution in [-0.4, -0.2) is 11.1 Å². The number of carboxylic acids is 1. The van der Waals surface area contributed by atoms with Crippen LogP contribution >= 0.6 is 0 Å². The Morgan fingerprint density at radius 1 is 1.50 bits per heavy atom. The monoisotopic (exact) mass is 192 g/mol. The second-order valence-corrected chi connectivity index (χ2v) is 3.60. The first-order valence-electron chi connectivity index (χ1n) is 4.88. The molecule has 0 aliphatic carbocycles. The van der Waals surface area contributed by atoms with E-state index in [2.05, 4.69) is 6.92 Å². The van der Waals surface area contributed by atoms with Crippen LogP contribution in [0.25, 0.3) is 0 Å². The van der Waals surface area contributed by atoms with Gasteiger partial charge in [0.1, 0.15) is 0 Å². The maximum absolute atomic E-state index is 10.9. The SMILES string of the molecule is CCc1ccc(C)c(C(C)C(=O)O)c1. The van der Waals surface area contributed by atoms with Crippen molar-refractivity contribution in [3.8, 4) is 0 Å². The fourth-order valence-electron chi connectivity index (χ4n) is 1.51. The molecule has 0 spiro atoms. The molecule has 2 nitrogen and oxygen atoms in total. The van der Waals surface area contributed by atoms with Gasteiger partial charge in [-0.1, -0.05) is 25.1 Å². The number of carboxylic acid groups (broad SMARTS) is 1. The molecule has 0 heterocycles. The van der Waals surface area contributed by atoms with Crippen molar-refractivity contribution in [1.29, 1.82) is 0 Å². The average molecular weight is 192 g/mol. The molecule has 0 saturated carbocycles. The van der Waals surface area contributed by atoms with Gasteiger partial charge in [-0.05, 0) is 37.0 Å². The highest BCUT2D eigenvalue weighted by atomic mass is 16.4. The molecule has 0 amide bonds.